The van der Waals surface area contributed by atoms with E-state index in [1.54, 1.807) is 0 Å². The van der Waals surface area contributed by atoms with Gasteiger partial charge in [0.2, 0.25) is 11.8 Å². The van der Waals surface area contributed by atoms with Gasteiger partial charge in [0.15, 0.2) is 0 Å². The fraction of sp³-hybridized carbons (Fsp3) is 0.875. The largest absolute Gasteiger partial charge is 0.381 e. The highest BCUT2D eigenvalue weighted by molar-refractivity contribution is 5.83. The first-order chi connectivity index (χ1) is 10.6. The topological polar surface area (TPSA) is 84.7 Å². The summed E-state index contributed by atoms with van der Waals surface area (Å²) < 4.78 is 5.42. The lowest BCUT2D eigenvalue weighted by atomic mass is 10.1. The number of carbonyl (C=O) groups excluding carboxylic acids is 2. The van der Waals surface area contributed by atoms with Crippen LogP contribution in [0.4, 0.5) is 0 Å². The van der Waals surface area contributed by atoms with Crippen LogP contribution in [0.25, 0.3) is 0 Å². The average Bonchev–Trinajstić information content (AvgIpc) is 2.52. The Labute approximate surface area is 133 Å². The molecule has 0 atom stereocenters. The fourth-order valence-electron chi connectivity index (χ4n) is 2.37. The van der Waals surface area contributed by atoms with Gasteiger partial charge in [-0.1, -0.05) is 13.3 Å². The lowest BCUT2D eigenvalue weighted by Crippen LogP contribution is -2.43. The van der Waals surface area contributed by atoms with Crippen molar-refractivity contribution >= 4 is 11.8 Å². The third-order valence-electron chi connectivity index (χ3n) is 3.89. The zero-order valence-electron chi connectivity index (χ0n) is 13.8. The Bertz CT molecular complexity index is 329. The molecule has 6 nitrogen and oxygen atoms in total. The van der Waals surface area contributed by atoms with Gasteiger partial charge in [0.05, 0.1) is 0 Å². The molecular weight excluding hydrogens is 282 g/mol. The second-order valence-corrected chi connectivity index (χ2v) is 5.89. The molecule has 6 heteroatoms. The zero-order chi connectivity index (χ0) is 16.2. The van der Waals surface area contributed by atoms with E-state index in [0.717, 1.165) is 51.8 Å². The van der Waals surface area contributed by atoms with Gasteiger partial charge in [0, 0.05) is 51.7 Å². The molecule has 3 N–H and O–H groups in total. The highest BCUT2D eigenvalue weighted by atomic mass is 16.5. The number of likely N-dealkylation sites (tertiary alicyclic amines) is 1. The van der Waals surface area contributed by atoms with Crippen molar-refractivity contribution in [3.8, 4) is 0 Å². The summed E-state index contributed by atoms with van der Waals surface area (Å²) in [5.74, 6) is 0.000526. The van der Waals surface area contributed by atoms with Crippen molar-refractivity contribution in [2.75, 3.05) is 32.8 Å². The van der Waals surface area contributed by atoms with Gasteiger partial charge in [0.25, 0.3) is 0 Å². The van der Waals surface area contributed by atoms with Crippen LogP contribution in [0.15, 0.2) is 0 Å². The SMILES string of the molecule is CCCCOCCCNC(=O)CCC(=O)N1CCC(N)CC1. The van der Waals surface area contributed by atoms with Crippen LogP contribution in [0.5, 0.6) is 0 Å². The van der Waals surface area contributed by atoms with Gasteiger partial charge < -0.3 is 20.7 Å². The minimum Gasteiger partial charge on any atom is -0.381 e. The Balaban J connectivity index is 1.99. The van der Waals surface area contributed by atoms with Gasteiger partial charge in [-0.3, -0.25) is 9.59 Å². The molecule has 0 saturated carbocycles. The Morgan fingerprint density at radius 2 is 1.86 bits per heavy atom. The molecule has 0 aromatic heterocycles. The molecule has 0 aromatic rings. The molecular formula is C16H31N3O3. The van der Waals surface area contributed by atoms with Gasteiger partial charge in [-0.15, -0.1) is 0 Å². The summed E-state index contributed by atoms with van der Waals surface area (Å²) in [6.07, 6.45) is 5.29. The number of piperidine rings is 1. The third kappa shape index (κ3) is 8.34. The van der Waals surface area contributed by atoms with Crippen LogP contribution in [0.3, 0.4) is 0 Å². The molecule has 2 amide bonds. The van der Waals surface area contributed by atoms with Crippen LogP contribution in [0, 0.1) is 0 Å². The Morgan fingerprint density at radius 1 is 1.18 bits per heavy atom. The lowest BCUT2D eigenvalue weighted by molar-refractivity contribution is -0.134. The lowest BCUT2D eigenvalue weighted by Gasteiger charge is -2.30. The van der Waals surface area contributed by atoms with Crippen molar-refractivity contribution in [3.63, 3.8) is 0 Å². The predicted octanol–water partition coefficient (Wildman–Crippen LogP) is 1.04. The summed E-state index contributed by atoms with van der Waals surface area (Å²) in [5, 5.41) is 2.83. The first kappa shape index (κ1) is 18.9. The number of rotatable bonds is 10. The predicted molar refractivity (Wildman–Crippen MR) is 86.4 cm³/mol. The van der Waals surface area contributed by atoms with Crippen LogP contribution < -0.4 is 11.1 Å². The third-order valence-corrected chi connectivity index (χ3v) is 3.89. The smallest absolute Gasteiger partial charge is 0.223 e. The van der Waals surface area contributed by atoms with Crippen LogP contribution in [0.2, 0.25) is 0 Å². The number of hydrogen-bond acceptors (Lipinski definition) is 4. The standard InChI is InChI=1S/C16H31N3O3/c1-2-3-12-22-13-4-9-18-15(20)5-6-16(21)19-10-7-14(17)8-11-19/h14H,2-13,17H2,1H3,(H,18,20). The van der Waals surface area contributed by atoms with Crippen LogP contribution >= 0.6 is 0 Å². The summed E-state index contributed by atoms with van der Waals surface area (Å²) in [4.78, 5) is 25.5. The van der Waals surface area contributed by atoms with E-state index in [4.69, 9.17) is 10.5 Å². The van der Waals surface area contributed by atoms with Crippen LogP contribution in [-0.2, 0) is 14.3 Å². The molecule has 1 fully saturated rings. The molecule has 22 heavy (non-hydrogen) atoms. The van der Waals surface area contributed by atoms with Crippen molar-refractivity contribution in [1.82, 2.24) is 10.2 Å². The summed E-state index contributed by atoms with van der Waals surface area (Å²) in [7, 11) is 0. The molecule has 0 aromatic carbocycles. The number of nitrogens with zero attached hydrogens (tertiary/aromatic N) is 1. The first-order valence-electron chi connectivity index (χ1n) is 8.51. The zero-order valence-corrected chi connectivity index (χ0v) is 13.8. The maximum absolute atomic E-state index is 12.0. The molecule has 1 saturated heterocycles. The highest BCUT2D eigenvalue weighted by Crippen LogP contribution is 2.10. The van der Waals surface area contributed by atoms with E-state index in [9.17, 15) is 9.59 Å². The van der Waals surface area contributed by atoms with Crippen molar-refractivity contribution in [1.29, 1.82) is 0 Å². The van der Waals surface area contributed by atoms with E-state index < -0.39 is 0 Å². The summed E-state index contributed by atoms with van der Waals surface area (Å²) >= 11 is 0. The monoisotopic (exact) mass is 313 g/mol. The van der Waals surface area contributed by atoms with Crippen LogP contribution in [0.1, 0.15) is 51.9 Å². The molecule has 1 aliphatic rings. The second-order valence-electron chi connectivity index (χ2n) is 5.89. The maximum atomic E-state index is 12.0. The number of nitrogens with two attached hydrogens (primary N) is 1. The number of amides is 2. The highest BCUT2D eigenvalue weighted by Gasteiger charge is 2.20. The molecule has 1 aliphatic heterocycles. The second kappa shape index (κ2) is 11.4. The van der Waals surface area contributed by atoms with Crippen LogP contribution in [-0.4, -0.2) is 55.6 Å². The van der Waals surface area contributed by atoms with Crippen molar-refractivity contribution in [2.24, 2.45) is 5.73 Å². The van der Waals surface area contributed by atoms with Crippen molar-refractivity contribution in [2.45, 2.75) is 57.9 Å². The Morgan fingerprint density at radius 3 is 2.55 bits per heavy atom. The summed E-state index contributed by atoms with van der Waals surface area (Å²) in [6, 6.07) is 0.215. The number of ether oxygens (including phenoxy) is 1. The molecule has 1 rings (SSSR count). The number of hydrogen-bond donors (Lipinski definition) is 2. The van der Waals surface area contributed by atoms with E-state index in [0.29, 0.717) is 13.2 Å². The molecule has 0 radical (unpaired) electrons. The molecule has 1 heterocycles. The van der Waals surface area contributed by atoms with Gasteiger partial charge in [-0.05, 0) is 25.7 Å². The van der Waals surface area contributed by atoms with E-state index in [2.05, 4.69) is 12.2 Å². The van der Waals surface area contributed by atoms with Crippen molar-refractivity contribution < 1.29 is 14.3 Å². The summed E-state index contributed by atoms with van der Waals surface area (Å²) in [6.45, 7) is 5.64. The minimum absolute atomic E-state index is 0.0596. The number of carbonyl (C=O) groups is 2. The Kier molecular flexibility index (Phi) is 9.82. The first-order valence-corrected chi connectivity index (χ1v) is 8.51. The quantitative estimate of drug-likeness (QED) is 0.590. The van der Waals surface area contributed by atoms with Crippen molar-refractivity contribution in [3.05, 3.63) is 0 Å². The van der Waals surface area contributed by atoms with E-state index >= 15 is 0 Å². The minimum atomic E-state index is -0.0596. The van der Waals surface area contributed by atoms with Gasteiger partial charge in [0.1, 0.15) is 0 Å². The average molecular weight is 313 g/mol. The number of unbranched alkanes of at least 4 members (excludes halogenated alkanes) is 1. The Hall–Kier alpha value is -1.14. The van der Waals surface area contributed by atoms with E-state index in [1.165, 1.54) is 0 Å². The van der Waals surface area contributed by atoms with E-state index in [1.807, 2.05) is 4.90 Å². The number of nitrogens with one attached hydrogen (secondary N) is 1. The molecule has 0 spiro atoms. The molecule has 0 unspecified atom stereocenters. The summed E-state index contributed by atoms with van der Waals surface area (Å²) in [5.41, 5.74) is 5.81. The maximum Gasteiger partial charge on any atom is 0.223 e. The van der Waals surface area contributed by atoms with E-state index in [-0.39, 0.29) is 30.7 Å². The molecule has 0 aliphatic carbocycles. The molecule has 0 bridgehead atoms. The van der Waals surface area contributed by atoms with Gasteiger partial charge in [-0.2, -0.15) is 0 Å². The van der Waals surface area contributed by atoms with Gasteiger partial charge in [-0.25, -0.2) is 0 Å². The van der Waals surface area contributed by atoms with Gasteiger partial charge >= 0.3 is 0 Å². The molecule has 128 valence electrons. The fourth-order valence-corrected chi connectivity index (χ4v) is 2.37. The normalized spacial score (nSPS) is 15.8.